The molecule has 0 unspecified atom stereocenters. The van der Waals surface area contributed by atoms with Gasteiger partial charge in [-0.3, -0.25) is 10.1 Å². The number of esters is 1. The van der Waals surface area contributed by atoms with E-state index in [1.54, 1.807) is 0 Å². The fourth-order valence-corrected chi connectivity index (χ4v) is 1.65. The molecule has 0 aromatic heterocycles. The first-order valence-corrected chi connectivity index (χ1v) is 4.59. The zero-order chi connectivity index (χ0) is 9.19. The van der Waals surface area contributed by atoms with Gasteiger partial charge in [-0.2, -0.15) is 0 Å². The van der Waals surface area contributed by atoms with Gasteiger partial charge in [0.25, 0.3) is 0 Å². The Bertz CT molecular complexity index is 175. The molecule has 0 aromatic carbocycles. The van der Waals surface area contributed by atoms with E-state index < -0.39 is 5.54 Å². The van der Waals surface area contributed by atoms with Crippen LogP contribution in [0.4, 0.5) is 0 Å². The van der Waals surface area contributed by atoms with E-state index in [-0.39, 0.29) is 12.0 Å². The van der Waals surface area contributed by atoms with Gasteiger partial charge < -0.3 is 4.74 Å². The summed E-state index contributed by atoms with van der Waals surface area (Å²) in [6.07, 6.45) is 1.60. The standard InChI is InChI=1S/C9H17NO2/c1-4-9(5-2)8(11)12-6-7(3)10-9/h7,10H,4-6H2,1-3H3/t7-/m1/s1. The zero-order valence-electron chi connectivity index (χ0n) is 8.02. The van der Waals surface area contributed by atoms with Gasteiger partial charge in [-0.05, 0) is 19.8 Å². The fourth-order valence-electron chi connectivity index (χ4n) is 1.65. The number of hydrogen-bond acceptors (Lipinski definition) is 3. The second kappa shape index (κ2) is 3.44. The van der Waals surface area contributed by atoms with Crippen molar-refractivity contribution >= 4 is 5.97 Å². The Kier molecular flexibility index (Phi) is 2.73. The van der Waals surface area contributed by atoms with Crippen molar-refractivity contribution in [1.82, 2.24) is 5.32 Å². The topological polar surface area (TPSA) is 38.3 Å². The van der Waals surface area contributed by atoms with Crippen molar-refractivity contribution in [3.8, 4) is 0 Å². The summed E-state index contributed by atoms with van der Waals surface area (Å²) in [5, 5.41) is 3.30. The lowest BCUT2D eigenvalue weighted by atomic mass is 9.91. The quantitative estimate of drug-likeness (QED) is 0.632. The van der Waals surface area contributed by atoms with E-state index in [4.69, 9.17) is 4.74 Å². The maximum atomic E-state index is 11.4. The van der Waals surface area contributed by atoms with Crippen LogP contribution in [0, 0.1) is 0 Å². The van der Waals surface area contributed by atoms with Crippen LogP contribution in [0.1, 0.15) is 33.6 Å². The van der Waals surface area contributed by atoms with Gasteiger partial charge in [0, 0.05) is 6.04 Å². The highest BCUT2D eigenvalue weighted by Gasteiger charge is 2.40. The van der Waals surface area contributed by atoms with Gasteiger partial charge in [0.05, 0.1) is 0 Å². The molecule has 1 fully saturated rings. The van der Waals surface area contributed by atoms with Gasteiger partial charge in [0.1, 0.15) is 12.1 Å². The second-order valence-corrected chi connectivity index (χ2v) is 3.43. The Balaban J connectivity index is 2.75. The van der Waals surface area contributed by atoms with Crippen LogP contribution in [0.15, 0.2) is 0 Å². The summed E-state index contributed by atoms with van der Waals surface area (Å²) in [5.74, 6) is -0.0920. The highest BCUT2D eigenvalue weighted by Crippen LogP contribution is 2.21. The van der Waals surface area contributed by atoms with Crippen LogP contribution in [-0.4, -0.2) is 24.2 Å². The van der Waals surface area contributed by atoms with Gasteiger partial charge in [-0.25, -0.2) is 0 Å². The Morgan fingerprint density at radius 3 is 2.58 bits per heavy atom. The molecule has 0 amide bonds. The third-order valence-corrected chi connectivity index (χ3v) is 2.58. The van der Waals surface area contributed by atoms with E-state index in [0.29, 0.717) is 6.61 Å². The smallest absolute Gasteiger partial charge is 0.326 e. The molecule has 0 spiro atoms. The number of nitrogens with one attached hydrogen (secondary N) is 1. The first-order valence-electron chi connectivity index (χ1n) is 4.59. The van der Waals surface area contributed by atoms with Crippen molar-refractivity contribution in [3.63, 3.8) is 0 Å². The monoisotopic (exact) mass is 171 g/mol. The molecule has 1 rings (SSSR count). The van der Waals surface area contributed by atoms with E-state index in [2.05, 4.69) is 5.32 Å². The minimum atomic E-state index is -0.419. The van der Waals surface area contributed by atoms with Crippen LogP contribution in [0.2, 0.25) is 0 Å². The lowest BCUT2D eigenvalue weighted by Gasteiger charge is -2.37. The number of carbonyl (C=O) groups excluding carboxylic acids is 1. The summed E-state index contributed by atoms with van der Waals surface area (Å²) in [7, 11) is 0. The predicted molar refractivity (Wildman–Crippen MR) is 46.9 cm³/mol. The molecule has 0 bridgehead atoms. The average Bonchev–Trinajstić information content (AvgIpc) is 2.09. The molecule has 1 saturated heterocycles. The van der Waals surface area contributed by atoms with Crippen LogP contribution in [0.25, 0.3) is 0 Å². The van der Waals surface area contributed by atoms with E-state index >= 15 is 0 Å². The van der Waals surface area contributed by atoms with E-state index in [9.17, 15) is 4.79 Å². The second-order valence-electron chi connectivity index (χ2n) is 3.43. The molecule has 70 valence electrons. The molecule has 1 N–H and O–H groups in total. The van der Waals surface area contributed by atoms with Crippen molar-refractivity contribution in [1.29, 1.82) is 0 Å². The van der Waals surface area contributed by atoms with Crippen LogP contribution >= 0.6 is 0 Å². The zero-order valence-corrected chi connectivity index (χ0v) is 8.02. The molecule has 1 heterocycles. The van der Waals surface area contributed by atoms with Gasteiger partial charge >= 0.3 is 5.97 Å². The number of rotatable bonds is 2. The molecule has 1 aliphatic heterocycles. The van der Waals surface area contributed by atoms with Gasteiger partial charge in [-0.15, -0.1) is 0 Å². The highest BCUT2D eigenvalue weighted by molar-refractivity contribution is 5.81. The van der Waals surface area contributed by atoms with Crippen LogP contribution < -0.4 is 5.32 Å². The molecule has 3 nitrogen and oxygen atoms in total. The Morgan fingerprint density at radius 2 is 2.17 bits per heavy atom. The van der Waals surface area contributed by atoms with Crippen molar-refractivity contribution in [3.05, 3.63) is 0 Å². The van der Waals surface area contributed by atoms with Crippen molar-refractivity contribution in [2.24, 2.45) is 0 Å². The minimum Gasteiger partial charge on any atom is -0.463 e. The number of carbonyl (C=O) groups is 1. The van der Waals surface area contributed by atoms with Crippen LogP contribution in [-0.2, 0) is 9.53 Å². The fraction of sp³-hybridized carbons (Fsp3) is 0.889. The third-order valence-electron chi connectivity index (χ3n) is 2.58. The molecule has 0 aliphatic carbocycles. The van der Waals surface area contributed by atoms with E-state index in [0.717, 1.165) is 12.8 Å². The molecule has 1 aliphatic rings. The molecule has 12 heavy (non-hydrogen) atoms. The third kappa shape index (κ3) is 1.46. The number of morpholine rings is 1. The predicted octanol–water partition coefficient (Wildman–Crippen LogP) is 1.08. The average molecular weight is 171 g/mol. The minimum absolute atomic E-state index is 0.0920. The molecule has 0 radical (unpaired) electrons. The summed E-state index contributed by atoms with van der Waals surface area (Å²) >= 11 is 0. The Morgan fingerprint density at radius 1 is 1.58 bits per heavy atom. The Hall–Kier alpha value is -0.570. The van der Waals surface area contributed by atoms with Crippen molar-refractivity contribution < 1.29 is 9.53 Å². The first kappa shape index (κ1) is 9.52. The van der Waals surface area contributed by atoms with Crippen LogP contribution in [0.5, 0.6) is 0 Å². The molecule has 1 atom stereocenters. The maximum Gasteiger partial charge on any atom is 0.326 e. The largest absolute Gasteiger partial charge is 0.463 e. The van der Waals surface area contributed by atoms with Gasteiger partial charge in [0.15, 0.2) is 0 Å². The summed E-state index contributed by atoms with van der Waals surface area (Å²) < 4.78 is 5.09. The van der Waals surface area contributed by atoms with Gasteiger partial charge in [-0.1, -0.05) is 13.8 Å². The van der Waals surface area contributed by atoms with Crippen LogP contribution in [0.3, 0.4) is 0 Å². The number of hydrogen-bond donors (Lipinski definition) is 1. The normalized spacial score (nSPS) is 28.2. The maximum absolute atomic E-state index is 11.4. The van der Waals surface area contributed by atoms with E-state index in [1.807, 2.05) is 20.8 Å². The summed E-state index contributed by atoms with van der Waals surface area (Å²) in [4.78, 5) is 11.4. The number of cyclic esters (lactones) is 1. The number of ether oxygens (including phenoxy) is 1. The summed E-state index contributed by atoms with van der Waals surface area (Å²) in [5.41, 5.74) is -0.419. The van der Waals surface area contributed by atoms with Gasteiger partial charge in [0.2, 0.25) is 0 Å². The SMILES string of the molecule is CCC1(CC)N[C@H](C)COC1=O. The molecular weight excluding hydrogens is 154 g/mol. The first-order chi connectivity index (χ1) is 5.64. The lowest BCUT2D eigenvalue weighted by Crippen LogP contribution is -2.60. The molecule has 0 saturated carbocycles. The Labute approximate surface area is 73.5 Å². The molecular formula is C9H17NO2. The lowest BCUT2D eigenvalue weighted by molar-refractivity contribution is -0.159. The van der Waals surface area contributed by atoms with Crippen molar-refractivity contribution in [2.75, 3.05) is 6.61 Å². The van der Waals surface area contributed by atoms with Crippen molar-refractivity contribution in [2.45, 2.75) is 45.2 Å². The van der Waals surface area contributed by atoms with E-state index in [1.165, 1.54) is 0 Å². The summed E-state index contributed by atoms with van der Waals surface area (Å²) in [6.45, 7) is 6.55. The highest BCUT2D eigenvalue weighted by atomic mass is 16.5. The molecule has 3 heteroatoms. The summed E-state index contributed by atoms with van der Waals surface area (Å²) in [6, 6.07) is 0.280. The molecule has 0 aromatic rings.